The maximum atomic E-state index is 11.5. The van der Waals surface area contributed by atoms with Crippen molar-refractivity contribution < 1.29 is 4.79 Å². The number of rotatable bonds is 5. The minimum atomic E-state index is -0.246. The van der Waals surface area contributed by atoms with Crippen LogP contribution in [0.15, 0.2) is 30.3 Å². The molecule has 1 amide bonds. The summed E-state index contributed by atoms with van der Waals surface area (Å²) in [5.41, 5.74) is 6.66. The van der Waals surface area contributed by atoms with Gasteiger partial charge in [-0.05, 0) is 24.8 Å². The van der Waals surface area contributed by atoms with Crippen molar-refractivity contribution in [1.29, 1.82) is 0 Å². The lowest BCUT2D eigenvalue weighted by molar-refractivity contribution is -0.120. The van der Waals surface area contributed by atoms with Crippen LogP contribution in [0.5, 0.6) is 0 Å². The number of carbonyl (C=O) groups excluding carboxylic acids is 1. The maximum Gasteiger partial charge on any atom is 0.234 e. The summed E-state index contributed by atoms with van der Waals surface area (Å²) < 4.78 is 0. The molecular formula is C15H22N2O. The van der Waals surface area contributed by atoms with E-state index < -0.39 is 0 Å². The third kappa shape index (κ3) is 3.84. The van der Waals surface area contributed by atoms with Crippen LogP contribution in [0, 0.1) is 0 Å². The number of carbonyl (C=O) groups is 1. The second kappa shape index (κ2) is 6.55. The molecule has 1 saturated carbocycles. The Labute approximate surface area is 109 Å². The van der Waals surface area contributed by atoms with Gasteiger partial charge in [0.2, 0.25) is 5.91 Å². The summed E-state index contributed by atoms with van der Waals surface area (Å²) in [6, 6.07) is 10.3. The first-order valence-electron chi connectivity index (χ1n) is 6.85. The highest BCUT2D eigenvalue weighted by molar-refractivity contribution is 5.80. The number of hydrogen-bond donors (Lipinski definition) is 2. The molecule has 18 heavy (non-hydrogen) atoms. The Balaban J connectivity index is 1.93. The Bertz CT molecular complexity index is 371. The molecule has 98 valence electrons. The molecule has 0 heterocycles. The van der Waals surface area contributed by atoms with Crippen molar-refractivity contribution >= 4 is 5.91 Å². The highest BCUT2D eigenvalue weighted by Crippen LogP contribution is 2.18. The SMILES string of the molecule is NC(=O)[C@H](Cc1ccccc1)NC1CCCCC1. The van der Waals surface area contributed by atoms with Crippen LogP contribution in [-0.4, -0.2) is 18.0 Å². The lowest BCUT2D eigenvalue weighted by Gasteiger charge is -2.27. The molecule has 3 heteroatoms. The van der Waals surface area contributed by atoms with Gasteiger partial charge in [0, 0.05) is 6.04 Å². The van der Waals surface area contributed by atoms with Gasteiger partial charge < -0.3 is 11.1 Å². The topological polar surface area (TPSA) is 55.1 Å². The van der Waals surface area contributed by atoms with Crippen molar-refractivity contribution in [2.75, 3.05) is 0 Å². The van der Waals surface area contributed by atoms with Gasteiger partial charge in [0.1, 0.15) is 0 Å². The molecule has 1 aromatic rings. The first kappa shape index (κ1) is 13.1. The van der Waals surface area contributed by atoms with E-state index in [-0.39, 0.29) is 11.9 Å². The van der Waals surface area contributed by atoms with E-state index in [1.165, 1.54) is 32.1 Å². The zero-order chi connectivity index (χ0) is 12.8. The van der Waals surface area contributed by atoms with Crippen LogP contribution >= 0.6 is 0 Å². The Morgan fingerprint density at radius 3 is 2.50 bits per heavy atom. The molecule has 3 N–H and O–H groups in total. The molecule has 2 rings (SSSR count). The largest absolute Gasteiger partial charge is 0.368 e. The predicted molar refractivity (Wildman–Crippen MR) is 73.1 cm³/mol. The monoisotopic (exact) mass is 246 g/mol. The van der Waals surface area contributed by atoms with Crippen LogP contribution in [0.4, 0.5) is 0 Å². The van der Waals surface area contributed by atoms with Crippen molar-refractivity contribution in [2.45, 2.75) is 50.6 Å². The summed E-state index contributed by atoms with van der Waals surface area (Å²) in [5.74, 6) is -0.246. The summed E-state index contributed by atoms with van der Waals surface area (Å²) in [4.78, 5) is 11.5. The normalized spacial score (nSPS) is 18.4. The smallest absolute Gasteiger partial charge is 0.234 e. The zero-order valence-corrected chi connectivity index (χ0v) is 10.8. The third-order valence-corrected chi connectivity index (χ3v) is 3.67. The lowest BCUT2D eigenvalue weighted by atomic mass is 9.94. The summed E-state index contributed by atoms with van der Waals surface area (Å²) >= 11 is 0. The van der Waals surface area contributed by atoms with Crippen LogP contribution in [0.3, 0.4) is 0 Å². The number of primary amides is 1. The summed E-state index contributed by atoms with van der Waals surface area (Å²) in [6.45, 7) is 0. The molecule has 0 radical (unpaired) electrons. The average molecular weight is 246 g/mol. The van der Waals surface area contributed by atoms with Crippen LogP contribution in [0.2, 0.25) is 0 Å². The molecule has 3 nitrogen and oxygen atoms in total. The van der Waals surface area contributed by atoms with Gasteiger partial charge in [-0.2, -0.15) is 0 Å². The number of hydrogen-bond acceptors (Lipinski definition) is 2. The van der Waals surface area contributed by atoms with Crippen molar-refractivity contribution in [2.24, 2.45) is 5.73 Å². The van der Waals surface area contributed by atoms with Gasteiger partial charge in [0.15, 0.2) is 0 Å². The van der Waals surface area contributed by atoms with Crippen LogP contribution in [0.25, 0.3) is 0 Å². The van der Waals surface area contributed by atoms with Crippen molar-refractivity contribution in [1.82, 2.24) is 5.32 Å². The van der Waals surface area contributed by atoms with E-state index in [1.807, 2.05) is 30.3 Å². The fraction of sp³-hybridized carbons (Fsp3) is 0.533. The molecule has 1 atom stereocenters. The second-order valence-electron chi connectivity index (χ2n) is 5.15. The quantitative estimate of drug-likeness (QED) is 0.835. The van der Waals surface area contributed by atoms with E-state index in [4.69, 9.17) is 5.73 Å². The number of amides is 1. The molecule has 0 aliphatic heterocycles. The number of benzene rings is 1. The molecule has 1 fully saturated rings. The van der Waals surface area contributed by atoms with E-state index in [0.717, 1.165) is 5.56 Å². The van der Waals surface area contributed by atoms with Crippen molar-refractivity contribution in [3.8, 4) is 0 Å². The Morgan fingerprint density at radius 2 is 1.89 bits per heavy atom. The summed E-state index contributed by atoms with van der Waals surface area (Å²) in [5, 5.41) is 3.43. The number of nitrogens with two attached hydrogens (primary N) is 1. The molecule has 0 saturated heterocycles. The first-order chi connectivity index (χ1) is 8.75. The van der Waals surface area contributed by atoms with Gasteiger partial charge in [0.05, 0.1) is 6.04 Å². The molecule has 1 aliphatic rings. The molecule has 1 aromatic carbocycles. The maximum absolute atomic E-state index is 11.5. The van der Waals surface area contributed by atoms with E-state index in [0.29, 0.717) is 12.5 Å². The number of nitrogens with one attached hydrogen (secondary N) is 1. The van der Waals surface area contributed by atoms with Crippen molar-refractivity contribution in [3.05, 3.63) is 35.9 Å². The first-order valence-corrected chi connectivity index (χ1v) is 6.85. The van der Waals surface area contributed by atoms with Crippen LogP contribution < -0.4 is 11.1 Å². The molecule has 1 aliphatic carbocycles. The Hall–Kier alpha value is -1.35. The molecule has 0 unspecified atom stereocenters. The van der Waals surface area contributed by atoms with Crippen LogP contribution in [-0.2, 0) is 11.2 Å². The highest BCUT2D eigenvalue weighted by atomic mass is 16.1. The fourth-order valence-electron chi connectivity index (χ4n) is 2.65. The third-order valence-electron chi connectivity index (χ3n) is 3.67. The van der Waals surface area contributed by atoms with E-state index in [9.17, 15) is 4.79 Å². The van der Waals surface area contributed by atoms with E-state index in [2.05, 4.69) is 5.32 Å². The Morgan fingerprint density at radius 1 is 1.22 bits per heavy atom. The summed E-state index contributed by atoms with van der Waals surface area (Å²) in [7, 11) is 0. The van der Waals surface area contributed by atoms with Gasteiger partial charge in [-0.1, -0.05) is 49.6 Å². The Kier molecular flexibility index (Phi) is 4.76. The standard InChI is InChI=1S/C15H22N2O/c16-15(18)14(11-12-7-3-1-4-8-12)17-13-9-5-2-6-10-13/h1,3-4,7-8,13-14,17H,2,5-6,9-11H2,(H2,16,18)/t14-/m0/s1. The van der Waals surface area contributed by atoms with Gasteiger partial charge in [0.25, 0.3) is 0 Å². The molecule has 0 aromatic heterocycles. The molecular weight excluding hydrogens is 224 g/mol. The minimum absolute atomic E-state index is 0.240. The zero-order valence-electron chi connectivity index (χ0n) is 10.8. The molecule has 0 spiro atoms. The van der Waals surface area contributed by atoms with Gasteiger partial charge in [-0.25, -0.2) is 0 Å². The van der Waals surface area contributed by atoms with Gasteiger partial charge in [-0.15, -0.1) is 0 Å². The van der Waals surface area contributed by atoms with E-state index in [1.54, 1.807) is 0 Å². The van der Waals surface area contributed by atoms with Crippen molar-refractivity contribution in [3.63, 3.8) is 0 Å². The highest BCUT2D eigenvalue weighted by Gasteiger charge is 2.21. The lowest BCUT2D eigenvalue weighted by Crippen LogP contribution is -2.48. The second-order valence-corrected chi connectivity index (χ2v) is 5.15. The van der Waals surface area contributed by atoms with Crippen LogP contribution in [0.1, 0.15) is 37.7 Å². The predicted octanol–water partition coefficient (Wildman–Crippen LogP) is 2.01. The fourth-order valence-corrected chi connectivity index (χ4v) is 2.65. The van der Waals surface area contributed by atoms with E-state index >= 15 is 0 Å². The van der Waals surface area contributed by atoms with Gasteiger partial charge in [-0.3, -0.25) is 4.79 Å². The van der Waals surface area contributed by atoms with Gasteiger partial charge >= 0.3 is 0 Å². The summed E-state index contributed by atoms with van der Waals surface area (Å²) in [6.07, 6.45) is 6.85. The average Bonchev–Trinajstić information content (AvgIpc) is 2.40. The molecule has 0 bridgehead atoms. The minimum Gasteiger partial charge on any atom is -0.368 e.